The number of halogens is 4. The maximum absolute atomic E-state index is 18.4. The van der Waals surface area contributed by atoms with Gasteiger partial charge in [-0.3, -0.25) is 0 Å². The third-order valence-corrected chi connectivity index (χ3v) is 20.9. The van der Waals surface area contributed by atoms with Crippen LogP contribution in [0, 0.1) is 47.9 Å². The molecule has 9 heteroatoms. The summed E-state index contributed by atoms with van der Waals surface area (Å²) in [6.07, 6.45) is 16.5. The van der Waals surface area contributed by atoms with Gasteiger partial charge in [-0.05, 0) is 0 Å². The van der Waals surface area contributed by atoms with Crippen LogP contribution in [-0.4, -0.2) is 11.8 Å². The Morgan fingerprint density at radius 1 is 0.541 bits per heavy atom. The first-order valence-corrected chi connectivity index (χ1v) is 24.8. The number of allylic oxidation sites excluding steroid dienone is 8. The van der Waals surface area contributed by atoms with Crippen LogP contribution in [-0.2, 0) is 39.3 Å². The number of rotatable bonds is 16. The molecule has 0 aromatic heterocycles. The van der Waals surface area contributed by atoms with Crippen molar-refractivity contribution in [2.75, 3.05) is 9.80 Å². The number of hydrogen-bond donors (Lipinski definition) is 0. The fraction of sp³-hybridized carbons (Fsp3) is 0.346. The topological polar surface area (TPSA) is 40.6 Å². The van der Waals surface area contributed by atoms with Gasteiger partial charge in [0.15, 0.2) is 0 Å². The van der Waals surface area contributed by atoms with Crippen molar-refractivity contribution >= 4 is 30.9 Å². The summed E-state index contributed by atoms with van der Waals surface area (Å²) in [5, 5.41) is 0. The van der Waals surface area contributed by atoms with E-state index in [0.717, 1.165) is 34.4 Å². The minimum absolute atomic E-state index is 0.0114. The molecule has 61 heavy (non-hydrogen) atoms. The van der Waals surface area contributed by atoms with Crippen molar-refractivity contribution in [1.29, 1.82) is 0 Å². The minimum atomic E-state index is -5.37. The van der Waals surface area contributed by atoms with Gasteiger partial charge in [0.25, 0.3) is 0 Å². The van der Waals surface area contributed by atoms with E-state index >= 15 is 17.6 Å². The maximum atomic E-state index is 18.4. The van der Waals surface area contributed by atoms with Gasteiger partial charge in [-0.1, -0.05) is 0 Å². The second-order valence-corrected chi connectivity index (χ2v) is 24.4. The molecule has 0 atom stereocenters. The molecule has 0 heterocycles. The van der Waals surface area contributed by atoms with Crippen molar-refractivity contribution in [2.45, 2.75) is 103 Å². The van der Waals surface area contributed by atoms with E-state index in [-0.39, 0.29) is 36.3 Å². The van der Waals surface area contributed by atoms with Crippen LogP contribution in [0.25, 0.3) is 0 Å². The molecule has 0 saturated carbocycles. The van der Waals surface area contributed by atoms with Crippen molar-refractivity contribution in [3.63, 3.8) is 0 Å². The standard InChI is InChI=1S/2C21H24F2NO.2C5H5.Ti/c2*1-5-12-21(3,4)20(25)24(14-16-8-6-15(2)7-9-16)19-11-10-17(22)13-18(19)23;2*1-2-4-5-3-1;/h2*6-11H,5,12,14H2,1-4H3;2*1-5H;. The van der Waals surface area contributed by atoms with Gasteiger partial charge in [0.1, 0.15) is 0 Å². The number of anilines is 2. The van der Waals surface area contributed by atoms with Crippen molar-refractivity contribution in [2.24, 2.45) is 10.8 Å². The van der Waals surface area contributed by atoms with Crippen LogP contribution in [0.5, 0.6) is 0 Å². The summed E-state index contributed by atoms with van der Waals surface area (Å²) in [7, 11) is 0. The molecule has 4 aromatic rings. The van der Waals surface area contributed by atoms with E-state index in [9.17, 15) is 9.59 Å². The summed E-state index contributed by atoms with van der Waals surface area (Å²) in [5.41, 5.74) is 1.34. The number of amides is 2. The van der Waals surface area contributed by atoms with E-state index in [0.29, 0.717) is 25.7 Å². The summed E-state index contributed by atoms with van der Waals surface area (Å²) in [5.74, 6) is -4.64. The quantitative estimate of drug-likeness (QED) is 0.0831. The van der Waals surface area contributed by atoms with Crippen molar-refractivity contribution < 1.29 is 43.7 Å². The average Bonchev–Trinajstić information content (AvgIpc) is 3.97. The predicted molar refractivity (Wildman–Crippen MR) is 238 cm³/mol. The first-order valence-electron chi connectivity index (χ1n) is 21.4. The van der Waals surface area contributed by atoms with Gasteiger partial charge in [-0.2, -0.15) is 0 Å². The van der Waals surface area contributed by atoms with Crippen LogP contribution in [0.15, 0.2) is 121 Å². The zero-order valence-corrected chi connectivity index (χ0v) is 38.2. The van der Waals surface area contributed by atoms with Gasteiger partial charge in [0, 0.05) is 0 Å². The van der Waals surface area contributed by atoms with Crippen molar-refractivity contribution in [3.8, 4) is 0 Å². The Morgan fingerprint density at radius 3 is 1.18 bits per heavy atom. The average molecular weight is 867 g/mol. The van der Waals surface area contributed by atoms with Crippen LogP contribution < -0.4 is 17.5 Å². The third-order valence-electron chi connectivity index (χ3n) is 12.4. The number of benzene rings is 4. The Hall–Kier alpha value is -4.79. The number of nitrogens with zero attached hydrogens (tertiary/aromatic N) is 2. The van der Waals surface area contributed by atoms with Crippen LogP contribution in [0.4, 0.5) is 28.9 Å². The predicted octanol–water partition coefficient (Wildman–Crippen LogP) is 12.5. The SMILES string of the molecule is CCCC(C)(C)C(=O)N(Cc1ccc(C)cc1)c1ccc(F)[c]([Ti]([c]2c(F)ccc(N(Cc3ccc(C)cc3)C(=O)C(C)(C)CCC)c2F)([CH]2C=CC=C2)[CH]2C=CC=C2)c1F. The molecule has 0 radical (unpaired) electrons. The molecule has 0 spiro atoms. The van der Waals surface area contributed by atoms with E-state index in [1.54, 1.807) is 48.6 Å². The van der Waals surface area contributed by atoms with E-state index in [1.807, 2.05) is 104 Å². The molecule has 0 unspecified atom stereocenters. The summed E-state index contributed by atoms with van der Waals surface area (Å²) >= 11 is -5.37. The number of hydrogen-bond acceptors (Lipinski definition) is 2. The molecule has 2 aliphatic rings. The Morgan fingerprint density at radius 2 is 0.869 bits per heavy atom. The zero-order valence-electron chi connectivity index (χ0n) is 36.7. The molecule has 2 aliphatic carbocycles. The van der Waals surface area contributed by atoms with E-state index in [2.05, 4.69) is 0 Å². The molecule has 320 valence electrons. The summed E-state index contributed by atoms with van der Waals surface area (Å²) in [4.78, 5) is 32.1. The molecule has 4 aromatic carbocycles. The fourth-order valence-electron chi connectivity index (χ4n) is 9.22. The number of aryl methyl sites for hydroxylation is 2. The molecular weight excluding hydrogens is 808 g/mol. The van der Waals surface area contributed by atoms with Crippen LogP contribution in [0.1, 0.15) is 89.5 Å². The van der Waals surface area contributed by atoms with Gasteiger partial charge in [0.05, 0.1) is 0 Å². The molecule has 2 amide bonds. The van der Waals surface area contributed by atoms with Crippen LogP contribution in [0.2, 0.25) is 8.45 Å². The number of carbonyl (C=O) groups is 2. The molecule has 0 fully saturated rings. The zero-order chi connectivity index (χ0) is 44.3. The fourth-order valence-corrected chi connectivity index (χ4v) is 18.0. The third kappa shape index (κ3) is 9.08. The second kappa shape index (κ2) is 18.7. The second-order valence-electron chi connectivity index (χ2n) is 18.0. The summed E-state index contributed by atoms with van der Waals surface area (Å²) < 4.78 is 69.1. The monoisotopic (exact) mass is 866 g/mol. The molecule has 6 rings (SSSR count). The van der Waals surface area contributed by atoms with Crippen molar-refractivity contribution in [3.05, 3.63) is 167 Å². The Kier molecular flexibility index (Phi) is 14.0. The van der Waals surface area contributed by atoms with Gasteiger partial charge in [-0.25, -0.2) is 0 Å². The van der Waals surface area contributed by atoms with Gasteiger partial charge < -0.3 is 0 Å². The summed E-state index contributed by atoms with van der Waals surface area (Å²) in [6, 6.07) is 20.0. The molecule has 4 nitrogen and oxygen atoms in total. The molecular formula is C52H58F4N2O2Ti. The van der Waals surface area contributed by atoms with Gasteiger partial charge >= 0.3 is 365 Å². The van der Waals surface area contributed by atoms with Gasteiger partial charge in [-0.15, -0.1) is 0 Å². The number of carbonyl (C=O) groups excluding carboxylic acids is 2. The first-order chi connectivity index (χ1) is 29.0. The molecule has 0 saturated heterocycles. The normalized spacial score (nSPS) is 14.4. The molecule has 0 N–H and O–H groups in total. The van der Waals surface area contributed by atoms with Crippen LogP contribution in [0.3, 0.4) is 0 Å². The molecule has 0 aliphatic heterocycles. The van der Waals surface area contributed by atoms with Crippen LogP contribution >= 0.6 is 0 Å². The van der Waals surface area contributed by atoms with E-state index in [4.69, 9.17) is 0 Å². The van der Waals surface area contributed by atoms with E-state index < -0.39 is 66.9 Å². The Balaban J connectivity index is 1.67. The Bertz CT molecular complexity index is 2190. The first kappa shape index (κ1) is 45.7. The Labute approximate surface area is 363 Å². The molecule has 0 bridgehead atoms. The van der Waals surface area contributed by atoms with Crippen molar-refractivity contribution in [1.82, 2.24) is 0 Å². The van der Waals surface area contributed by atoms with E-state index in [1.165, 1.54) is 21.9 Å². The van der Waals surface area contributed by atoms with Gasteiger partial charge in [0.2, 0.25) is 0 Å². The summed E-state index contributed by atoms with van der Waals surface area (Å²) in [6.45, 7) is 15.1.